The minimum Gasteiger partial charge on any atom is -0.490 e. The smallest absolute Gasteiger partial charge is 0.311 e. The first-order chi connectivity index (χ1) is 8.65. The maximum absolute atomic E-state index is 10.9. The van der Waals surface area contributed by atoms with Gasteiger partial charge in [-0.15, -0.1) is 0 Å². The van der Waals surface area contributed by atoms with E-state index in [2.05, 4.69) is 15.2 Å². The average Bonchev–Trinajstić information content (AvgIpc) is 2.86. The van der Waals surface area contributed by atoms with E-state index in [9.17, 15) is 10.1 Å². The molecule has 0 fully saturated rings. The third kappa shape index (κ3) is 2.13. The molecule has 0 radical (unpaired) electrons. The third-order valence-corrected chi connectivity index (χ3v) is 2.36. The van der Waals surface area contributed by atoms with Crippen LogP contribution in [-0.2, 0) is 6.54 Å². The molecule has 8 nitrogen and oxygen atoms in total. The van der Waals surface area contributed by atoms with Crippen LogP contribution in [0.5, 0.6) is 5.75 Å². The van der Waals surface area contributed by atoms with Gasteiger partial charge in [0.1, 0.15) is 5.82 Å². The van der Waals surface area contributed by atoms with Crippen molar-refractivity contribution < 1.29 is 9.66 Å². The number of nitrogens with one attached hydrogen (secondary N) is 1. The van der Waals surface area contributed by atoms with Crippen LogP contribution in [0.1, 0.15) is 5.82 Å². The van der Waals surface area contributed by atoms with Gasteiger partial charge in [0.05, 0.1) is 18.6 Å². The number of benzene rings is 1. The summed E-state index contributed by atoms with van der Waals surface area (Å²) in [5.41, 5.74) is 5.80. The molecule has 0 saturated carbocycles. The molecule has 0 aliphatic carbocycles. The molecule has 0 atom stereocenters. The lowest BCUT2D eigenvalue weighted by molar-refractivity contribution is -0.385. The second kappa shape index (κ2) is 4.80. The van der Waals surface area contributed by atoms with E-state index in [1.807, 2.05) is 0 Å². The van der Waals surface area contributed by atoms with Gasteiger partial charge in [-0.05, 0) is 12.1 Å². The molecule has 0 amide bonds. The van der Waals surface area contributed by atoms with Crippen LogP contribution in [0.15, 0.2) is 18.2 Å². The van der Waals surface area contributed by atoms with E-state index in [1.54, 1.807) is 6.07 Å². The molecule has 0 aliphatic heterocycles. The third-order valence-electron chi connectivity index (χ3n) is 2.36. The summed E-state index contributed by atoms with van der Waals surface area (Å²) in [5, 5.41) is 17.5. The molecule has 3 N–H and O–H groups in total. The Balaban J connectivity index is 2.46. The van der Waals surface area contributed by atoms with Crippen molar-refractivity contribution in [3.8, 4) is 17.1 Å². The Morgan fingerprint density at radius 2 is 2.33 bits per heavy atom. The van der Waals surface area contributed by atoms with Crippen molar-refractivity contribution in [2.75, 3.05) is 7.11 Å². The Hall–Kier alpha value is -2.48. The molecule has 0 bridgehead atoms. The SMILES string of the molecule is COc1ccc(-c2n[nH]c(CN)n2)cc1[N+](=O)[O-]. The molecule has 2 rings (SSSR count). The van der Waals surface area contributed by atoms with Crippen molar-refractivity contribution in [3.05, 3.63) is 34.1 Å². The van der Waals surface area contributed by atoms with Crippen molar-refractivity contribution >= 4 is 5.69 Å². The molecule has 2 aromatic rings. The normalized spacial score (nSPS) is 10.3. The van der Waals surface area contributed by atoms with Gasteiger partial charge >= 0.3 is 5.69 Å². The van der Waals surface area contributed by atoms with Crippen molar-refractivity contribution in [2.24, 2.45) is 5.73 Å². The van der Waals surface area contributed by atoms with E-state index in [0.717, 1.165) is 0 Å². The van der Waals surface area contributed by atoms with E-state index < -0.39 is 4.92 Å². The van der Waals surface area contributed by atoms with E-state index in [4.69, 9.17) is 10.5 Å². The van der Waals surface area contributed by atoms with Gasteiger partial charge in [0.2, 0.25) is 0 Å². The van der Waals surface area contributed by atoms with Gasteiger partial charge in [-0.2, -0.15) is 5.10 Å². The number of nitrogens with two attached hydrogens (primary N) is 1. The number of nitro groups is 1. The van der Waals surface area contributed by atoms with Gasteiger partial charge in [0.15, 0.2) is 11.6 Å². The number of aromatic amines is 1. The monoisotopic (exact) mass is 249 g/mol. The molecule has 0 spiro atoms. The standard InChI is InChI=1S/C10H11N5O3/c1-18-8-3-2-6(4-7(8)15(16)17)10-12-9(5-11)13-14-10/h2-4H,5,11H2,1H3,(H,12,13,14). The lowest BCUT2D eigenvalue weighted by atomic mass is 10.2. The molecular formula is C10H11N5O3. The minimum atomic E-state index is -0.515. The highest BCUT2D eigenvalue weighted by molar-refractivity contribution is 5.63. The molecule has 18 heavy (non-hydrogen) atoms. The Labute approximate surface area is 102 Å². The fourth-order valence-electron chi connectivity index (χ4n) is 1.49. The van der Waals surface area contributed by atoms with Gasteiger partial charge in [-0.1, -0.05) is 0 Å². The highest BCUT2D eigenvalue weighted by Crippen LogP contribution is 2.30. The van der Waals surface area contributed by atoms with Crippen LogP contribution in [0.25, 0.3) is 11.4 Å². The number of aromatic nitrogens is 3. The van der Waals surface area contributed by atoms with Crippen molar-refractivity contribution in [3.63, 3.8) is 0 Å². The van der Waals surface area contributed by atoms with E-state index in [0.29, 0.717) is 17.2 Å². The number of ether oxygens (including phenoxy) is 1. The molecule has 0 saturated heterocycles. The van der Waals surface area contributed by atoms with Gasteiger partial charge in [0.25, 0.3) is 0 Å². The summed E-state index contributed by atoms with van der Waals surface area (Å²) >= 11 is 0. The molecule has 1 aromatic heterocycles. The van der Waals surface area contributed by atoms with Crippen molar-refractivity contribution in [1.82, 2.24) is 15.2 Å². The first-order valence-electron chi connectivity index (χ1n) is 5.10. The molecule has 0 unspecified atom stereocenters. The van der Waals surface area contributed by atoms with E-state index in [1.165, 1.54) is 19.2 Å². The first-order valence-corrected chi connectivity index (χ1v) is 5.10. The number of rotatable bonds is 4. The maximum atomic E-state index is 10.9. The largest absolute Gasteiger partial charge is 0.490 e. The van der Waals surface area contributed by atoms with Gasteiger partial charge in [-0.3, -0.25) is 15.2 Å². The van der Waals surface area contributed by atoms with Crippen LogP contribution in [0.4, 0.5) is 5.69 Å². The summed E-state index contributed by atoms with van der Waals surface area (Å²) in [4.78, 5) is 14.5. The summed E-state index contributed by atoms with van der Waals surface area (Å²) in [5.74, 6) is 1.07. The highest BCUT2D eigenvalue weighted by atomic mass is 16.6. The fourth-order valence-corrected chi connectivity index (χ4v) is 1.49. The number of nitrogens with zero attached hydrogens (tertiary/aromatic N) is 3. The fraction of sp³-hybridized carbons (Fsp3) is 0.200. The molecule has 8 heteroatoms. The summed E-state index contributed by atoms with van der Waals surface area (Å²) < 4.78 is 4.91. The predicted molar refractivity (Wildman–Crippen MR) is 62.9 cm³/mol. The van der Waals surface area contributed by atoms with Crippen LogP contribution in [-0.4, -0.2) is 27.2 Å². The Bertz CT molecular complexity index is 581. The van der Waals surface area contributed by atoms with Crippen LogP contribution in [0.2, 0.25) is 0 Å². The topological polar surface area (TPSA) is 120 Å². The summed E-state index contributed by atoms with van der Waals surface area (Å²) in [6, 6.07) is 4.52. The van der Waals surface area contributed by atoms with Crippen LogP contribution in [0, 0.1) is 10.1 Å². The van der Waals surface area contributed by atoms with Gasteiger partial charge < -0.3 is 10.5 Å². The Morgan fingerprint density at radius 3 is 2.89 bits per heavy atom. The summed E-state index contributed by atoms with van der Waals surface area (Å²) in [7, 11) is 1.38. The molecule has 0 aliphatic rings. The molecule has 94 valence electrons. The van der Waals surface area contributed by atoms with Crippen molar-refractivity contribution in [1.29, 1.82) is 0 Å². The minimum absolute atomic E-state index is 0.130. The highest BCUT2D eigenvalue weighted by Gasteiger charge is 2.17. The molecule has 1 aromatic carbocycles. The molecule has 1 heterocycles. The first kappa shape index (κ1) is 12.0. The second-order valence-electron chi connectivity index (χ2n) is 3.45. The van der Waals surface area contributed by atoms with Crippen LogP contribution < -0.4 is 10.5 Å². The van der Waals surface area contributed by atoms with Gasteiger partial charge in [-0.25, -0.2) is 4.98 Å². The number of hydrogen-bond acceptors (Lipinski definition) is 6. The zero-order valence-electron chi connectivity index (χ0n) is 9.58. The number of hydrogen-bond donors (Lipinski definition) is 2. The van der Waals surface area contributed by atoms with Crippen LogP contribution >= 0.6 is 0 Å². The Morgan fingerprint density at radius 1 is 1.56 bits per heavy atom. The quantitative estimate of drug-likeness (QED) is 0.612. The maximum Gasteiger partial charge on any atom is 0.311 e. The second-order valence-corrected chi connectivity index (χ2v) is 3.45. The summed E-state index contributed by atoms with van der Waals surface area (Å²) in [6.45, 7) is 0.227. The van der Waals surface area contributed by atoms with E-state index in [-0.39, 0.29) is 18.0 Å². The predicted octanol–water partition coefficient (Wildman–Crippen LogP) is 0.847. The summed E-state index contributed by atoms with van der Waals surface area (Å²) in [6.07, 6.45) is 0. The Kier molecular flexibility index (Phi) is 3.20. The van der Waals surface area contributed by atoms with Crippen molar-refractivity contribution in [2.45, 2.75) is 6.54 Å². The van der Waals surface area contributed by atoms with E-state index >= 15 is 0 Å². The lowest BCUT2D eigenvalue weighted by Gasteiger charge is -2.02. The lowest BCUT2D eigenvalue weighted by Crippen LogP contribution is -1.98. The zero-order valence-corrected chi connectivity index (χ0v) is 9.58. The number of H-pyrrole nitrogens is 1. The van der Waals surface area contributed by atoms with Crippen LogP contribution in [0.3, 0.4) is 0 Å². The zero-order chi connectivity index (χ0) is 13.1. The van der Waals surface area contributed by atoms with Gasteiger partial charge in [0, 0.05) is 11.6 Å². The number of nitro benzene ring substituents is 1. The number of methoxy groups -OCH3 is 1. The molecular weight excluding hydrogens is 238 g/mol. The average molecular weight is 249 g/mol.